The van der Waals surface area contributed by atoms with Gasteiger partial charge in [0.15, 0.2) is 0 Å². The second kappa shape index (κ2) is 14.0. The first-order chi connectivity index (χ1) is 19.5. The lowest BCUT2D eigenvalue weighted by Gasteiger charge is -2.10. The summed E-state index contributed by atoms with van der Waals surface area (Å²) in [5.74, 6) is 0.184. The van der Waals surface area contributed by atoms with Crippen molar-refractivity contribution in [2.45, 2.75) is 39.1 Å². The summed E-state index contributed by atoms with van der Waals surface area (Å²) in [4.78, 5) is 56.3. The molecule has 2 N–H and O–H groups in total. The Bertz CT molecular complexity index is 1420. The highest BCUT2D eigenvalue weighted by atomic mass is 16.6. The summed E-state index contributed by atoms with van der Waals surface area (Å²) in [7, 11) is 0. The van der Waals surface area contributed by atoms with Gasteiger partial charge in [0.1, 0.15) is 24.8 Å². The molecule has 0 radical (unpaired) electrons. The Morgan fingerprint density at radius 2 is 1.02 bits per heavy atom. The van der Waals surface area contributed by atoms with Gasteiger partial charge in [0.2, 0.25) is 0 Å². The zero-order valence-electron chi connectivity index (χ0n) is 21.6. The Morgan fingerprint density at radius 3 is 1.40 bits per heavy atom. The van der Waals surface area contributed by atoms with Crippen molar-refractivity contribution in [1.29, 1.82) is 0 Å². The second-order valence-corrected chi connectivity index (χ2v) is 8.66. The van der Waals surface area contributed by atoms with Crippen molar-refractivity contribution in [2.75, 3.05) is 10.6 Å². The third-order valence-electron chi connectivity index (χ3n) is 5.68. The first-order valence-corrected chi connectivity index (χ1v) is 12.6. The maximum absolute atomic E-state index is 12.3. The number of carbonyl (C=O) groups excluding carboxylic acids is 2. The van der Waals surface area contributed by atoms with E-state index in [-0.39, 0.29) is 24.8 Å². The van der Waals surface area contributed by atoms with E-state index in [1.165, 1.54) is 33.7 Å². The van der Waals surface area contributed by atoms with Crippen molar-refractivity contribution < 1.29 is 19.1 Å². The van der Waals surface area contributed by atoms with Crippen molar-refractivity contribution in [3.8, 4) is 0 Å². The highest BCUT2D eigenvalue weighted by molar-refractivity contribution is 5.83. The smallest absolute Gasteiger partial charge is 0.413 e. The average Bonchev–Trinajstić information content (AvgIpc) is 2.96. The number of nitrogens with zero attached hydrogens (tertiary/aromatic N) is 4. The zero-order valence-corrected chi connectivity index (χ0v) is 21.6. The number of anilines is 2. The van der Waals surface area contributed by atoms with Gasteiger partial charge < -0.3 is 9.47 Å². The number of carbonyl (C=O) groups is 2. The van der Waals surface area contributed by atoms with Crippen LogP contribution in [0.5, 0.6) is 0 Å². The van der Waals surface area contributed by atoms with Crippen LogP contribution in [0.3, 0.4) is 0 Å². The zero-order chi connectivity index (χ0) is 28.2. The fourth-order valence-electron chi connectivity index (χ4n) is 3.63. The number of hydrogen-bond acceptors (Lipinski definition) is 8. The monoisotopic (exact) mass is 544 g/mol. The lowest BCUT2D eigenvalue weighted by Crippen LogP contribution is -2.26. The molecule has 0 spiro atoms. The molecule has 0 saturated carbocycles. The van der Waals surface area contributed by atoms with E-state index in [9.17, 15) is 19.2 Å². The number of unbranched alkanes of at least 4 members (excludes halogenated alkanes) is 1. The molecule has 2 aromatic carbocycles. The van der Waals surface area contributed by atoms with Crippen LogP contribution in [0, 0.1) is 0 Å². The SMILES string of the molecule is O=C(Nc1ccn(CCCCn2ccc(NC(=O)OCc3ccccc3)nc2=O)c(=O)n1)OCc1ccccc1. The lowest BCUT2D eigenvalue weighted by molar-refractivity contribution is 0.154. The number of rotatable bonds is 11. The molecule has 4 rings (SSSR count). The van der Waals surface area contributed by atoms with E-state index in [0.29, 0.717) is 25.9 Å². The van der Waals surface area contributed by atoms with Gasteiger partial charge in [0, 0.05) is 25.5 Å². The third kappa shape index (κ3) is 8.65. The van der Waals surface area contributed by atoms with Crippen molar-refractivity contribution in [3.05, 3.63) is 117 Å². The van der Waals surface area contributed by atoms with Crippen molar-refractivity contribution in [1.82, 2.24) is 19.1 Å². The van der Waals surface area contributed by atoms with Gasteiger partial charge in [-0.05, 0) is 36.1 Å². The van der Waals surface area contributed by atoms with E-state index in [2.05, 4.69) is 20.6 Å². The standard InChI is InChI=1S/C28H28N6O6/c35-25-29-23(31-27(37)39-19-21-9-3-1-4-10-21)13-17-33(25)15-7-8-16-34-18-14-24(30-26(34)36)32-28(38)40-20-22-11-5-2-6-12-22/h1-6,9-14,17-18H,7-8,15-16,19-20H2,(H,29,31,35,37)(H,30,32,36,38). The molecular weight excluding hydrogens is 516 g/mol. The van der Waals surface area contributed by atoms with Gasteiger partial charge in [-0.25, -0.2) is 19.2 Å². The number of hydrogen-bond donors (Lipinski definition) is 2. The van der Waals surface area contributed by atoms with Gasteiger partial charge in [-0.15, -0.1) is 0 Å². The highest BCUT2D eigenvalue weighted by Gasteiger charge is 2.09. The number of nitrogens with one attached hydrogen (secondary N) is 2. The van der Waals surface area contributed by atoms with Crippen LogP contribution in [-0.4, -0.2) is 31.3 Å². The number of aromatic nitrogens is 4. The molecule has 0 atom stereocenters. The first-order valence-electron chi connectivity index (χ1n) is 12.6. The Kier molecular flexibility index (Phi) is 9.75. The molecule has 12 nitrogen and oxygen atoms in total. The van der Waals surface area contributed by atoms with Crippen LogP contribution in [0.2, 0.25) is 0 Å². The topological polar surface area (TPSA) is 146 Å². The highest BCUT2D eigenvalue weighted by Crippen LogP contribution is 2.06. The van der Waals surface area contributed by atoms with Gasteiger partial charge in [0.25, 0.3) is 0 Å². The van der Waals surface area contributed by atoms with Gasteiger partial charge >= 0.3 is 23.6 Å². The van der Waals surface area contributed by atoms with E-state index in [4.69, 9.17) is 9.47 Å². The van der Waals surface area contributed by atoms with E-state index in [0.717, 1.165) is 11.1 Å². The van der Waals surface area contributed by atoms with E-state index in [1.54, 1.807) is 0 Å². The molecule has 0 fully saturated rings. The van der Waals surface area contributed by atoms with Crippen LogP contribution in [0.4, 0.5) is 21.2 Å². The Balaban J connectivity index is 1.18. The number of benzene rings is 2. The molecular formula is C28H28N6O6. The van der Waals surface area contributed by atoms with Crippen LogP contribution in [0.15, 0.2) is 94.8 Å². The predicted octanol–water partition coefficient (Wildman–Crippen LogP) is 3.78. The number of aryl methyl sites for hydroxylation is 2. The van der Waals surface area contributed by atoms with Gasteiger partial charge in [-0.1, -0.05) is 60.7 Å². The molecule has 2 aromatic heterocycles. The molecule has 12 heteroatoms. The Hall–Kier alpha value is -5.26. The molecule has 40 heavy (non-hydrogen) atoms. The molecule has 0 aliphatic rings. The van der Waals surface area contributed by atoms with Crippen LogP contribution in [0.1, 0.15) is 24.0 Å². The van der Waals surface area contributed by atoms with Gasteiger partial charge in [-0.2, -0.15) is 9.97 Å². The molecule has 4 aromatic rings. The molecule has 0 saturated heterocycles. The van der Waals surface area contributed by atoms with Crippen LogP contribution >= 0.6 is 0 Å². The molecule has 0 bridgehead atoms. The lowest BCUT2D eigenvalue weighted by atomic mass is 10.2. The molecule has 2 amide bonds. The molecule has 206 valence electrons. The summed E-state index contributed by atoms with van der Waals surface area (Å²) in [6, 6.07) is 21.5. The maximum atomic E-state index is 12.3. The largest absolute Gasteiger partial charge is 0.444 e. The van der Waals surface area contributed by atoms with Crippen LogP contribution in [-0.2, 0) is 35.8 Å². The Morgan fingerprint density at radius 1 is 0.625 bits per heavy atom. The van der Waals surface area contributed by atoms with Crippen LogP contribution in [0.25, 0.3) is 0 Å². The average molecular weight is 545 g/mol. The minimum Gasteiger partial charge on any atom is -0.444 e. The predicted molar refractivity (Wildman–Crippen MR) is 147 cm³/mol. The Labute approximate surface area is 229 Å². The van der Waals surface area contributed by atoms with E-state index in [1.807, 2.05) is 60.7 Å². The fourth-order valence-corrected chi connectivity index (χ4v) is 3.63. The van der Waals surface area contributed by atoms with E-state index >= 15 is 0 Å². The fraction of sp³-hybridized carbons (Fsp3) is 0.214. The second-order valence-electron chi connectivity index (χ2n) is 8.66. The van der Waals surface area contributed by atoms with Crippen molar-refractivity contribution in [3.63, 3.8) is 0 Å². The van der Waals surface area contributed by atoms with Crippen LogP contribution < -0.4 is 22.0 Å². The van der Waals surface area contributed by atoms with Crippen molar-refractivity contribution >= 4 is 23.8 Å². The number of ether oxygens (including phenoxy) is 2. The summed E-state index contributed by atoms with van der Waals surface area (Å²) in [6.45, 7) is 0.949. The van der Waals surface area contributed by atoms with Crippen molar-refractivity contribution in [2.24, 2.45) is 0 Å². The minimum atomic E-state index is -0.710. The normalized spacial score (nSPS) is 10.5. The molecule has 2 heterocycles. The third-order valence-corrected chi connectivity index (χ3v) is 5.68. The molecule has 0 aliphatic carbocycles. The maximum Gasteiger partial charge on any atom is 0.413 e. The summed E-state index contributed by atoms with van der Waals surface area (Å²) in [5.41, 5.74) is 0.639. The summed E-state index contributed by atoms with van der Waals surface area (Å²) >= 11 is 0. The first kappa shape index (κ1) is 27.8. The van der Waals surface area contributed by atoms with Gasteiger partial charge in [-0.3, -0.25) is 19.8 Å². The quantitative estimate of drug-likeness (QED) is 0.271. The summed E-state index contributed by atoms with van der Waals surface area (Å²) < 4.78 is 13.1. The summed E-state index contributed by atoms with van der Waals surface area (Å²) in [5, 5.41) is 4.88. The number of amides is 2. The molecule has 0 unspecified atom stereocenters. The minimum absolute atomic E-state index is 0.0922. The van der Waals surface area contributed by atoms with Gasteiger partial charge in [0.05, 0.1) is 0 Å². The summed E-state index contributed by atoms with van der Waals surface area (Å²) in [6.07, 6.45) is 2.83. The van der Waals surface area contributed by atoms with E-state index < -0.39 is 23.6 Å². The molecule has 0 aliphatic heterocycles.